The van der Waals surface area contributed by atoms with Gasteiger partial charge in [0.05, 0.1) is 16.3 Å². The highest BCUT2D eigenvalue weighted by molar-refractivity contribution is 7.15. The van der Waals surface area contributed by atoms with Gasteiger partial charge in [0.2, 0.25) is 0 Å². The maximum Gasteiger partial charge on any atom is 0.339 e. The summed E-state index contributed by atoms with van der Waals surface area (Å²) < 4.78 is 7.91. The van der Waals surface area contributed by atoms with Gasteiger partial charge in [-0.25, -0.2) is 4.79 Å². The van der Waals surface area contributed by atoms with E-state index in [0.29, 0.717) is 22.1 Å². The molecule has 0 saturated heterocycles. The SMILES string of the molecule is Cc1cc(C=Nc2ccc(Oc3ccccc3Cl)cc2)c(C)n1-c1sc2c(c1C(=O)O)CCCC2. The smallest absolute Gasteiger partial charge is 0.339 e. The molecule has 0 atom stereocenters. The van der Waals surface area contributed by atoms with Gasteiger partial charge in [0, 0.05) is 28.0 Å². The molecule has 0 unspecified atom stereocenters. The molecule has 0 radical (unpaired) electrons. The zero-order valence-corrected chi connectivity index (χ0v) is 21.1. The highest BCUT2D eigenvalue weighted by atomic mass is 35.5. The zero-order valence-electron chi connectivity index (χ0n) is 19.5. The van der Waals surface area contributed by atoms with E-state index in [2.05, 4.69) is 15.6 Å². The van der Waals surface area contributed by atoms with Crippen molar-refractivity contribution in [2.75, 3.05) is 0 Å². The van der Waals surface area contributed by atoms with E-state index in [4.69, 9.17) is 16.3 Å². The molecule has 0 aliphatic heterocycles. The van der Waals surface area contributed by atoms with Crippen molar-refractivity contribution in [1.82, 2.24) is 4.57 Å². The Kier molecular flexibility index (Phi) is 6.50. The largest absolute Gasteiger partial charge is 0.478 e. The Morgan fingerprint density at radius 1 is 1.11 bits per heavy atom. The number of hydrogen-bond donors (Lipinski definition) is 1. The van der Waals surface area contributed by atoms with Crippen molar-refractivity contribution in [3.8, 4) is 16.5 Å². The van der Waals surface area contributed by atoms with Gasteiger partial charge < -0.3 is 14.4 Å². The number of para-hydroxylation sites is 1. The lowest BCUT2D eigenvalue weighted by molar-refractivity contribution is 0.0696. The second-order valence-corrected chi connectivity index (χ2v) is 10.1. The van der Waals surface area contributed by atoms with Crippen molar-refractivity contribution < 1.29 is 14.6 Å². The molecule has 0 spiro atoms. The molecular formula is C28H25ClN2O3S. The molecular weight excluding hydrogens is 480 g/mol. The van der Waals surface area contributed by atoms with E-state index < -0.39 is 5.97 Å². The van der Waals surface area contributed by atoms with Gasteiger partial charge in [-0.15, -0.1) is 11.3 Å². The molecule has 0 bridgehead atoms. The maximum atomic E-state index is 12.2. The van der Waals surface area contributed by atoms with Gasteiger partial charge in [-0.1, -0.05) is 23.7 Å². The number of halogens is 1. The summed E-state index contributed by atoms with van der Waals surface area (Å²) >= 11 is 7.79. The van der Waals surface area contributed by atoms with Gasteiger partial charge in [0.1, 0.15) is 16.5 Å². The van der Waals surface area contributed by atoms with Crippen molar-refractivity contribution in [3.63, 3.8) is 0 Å². The molecule has 0 amide bonds. The summed E-state index contributed by atoms with van der Waals surface area (Å²) in [5.74, 6) is 0.438. The minimum atomic E-state index is -0.846. The molecule has 178 valence electrons. The number of aliphatic imine (C=N–C) groups is 1. The maximum absolute atomic E-state index is 12.2. The second-order valence-electron chi connectivity index (χ2n) is 8.64. The lowest BCUT2D eigenvalue weighted by Gasteiger charge is -2.11. The molecule has 7 heteroatoms. The molecule has 0 saturated carbocycles. The minimum absolute atomic E-state index is 0.462. The third-order valence-corrected chi connectivity index (χ3v) is 7.88. The molecule has 2 heterocycles. The summed E-state index contributed by atoms with van der Waals surface area (Å²) in [6.45, 7) is 4.02. The van der Waals surface area contributed by atoms with E-state index >= 15 is 0 Å². The Hall–Kier alpha value is -3.35. The molecule has 1 aliphatic rings. The van der Waals surface area contributed by atoms with Crippen LogP contribution in [0.5, 0.6) is 11.5 Å². The van der Waals surface area contributed by atoms with Crippen molar-refractivity contribution in [2.24, 2.45) is 4.99 Å². The highest BCUT2D eigenvalue weighted by Gasteiger charge is 2.27. The van der Waals surface area contributed by atoms with Crippen LogP contribution in [-0.2, 0) is 12.8 Å². The first kappa shape index (κ1) is 23.4. The average molecular weight is 505 g/mol. The third-order valence-electron chi connectivity index (χ3n) is 6.29. The molecule has 1 aliphatic carbocycles. The number of benzene rings is 2. The van der Waals surface area contributed by atoms with Crippen molar-refractivity contribution >= 4 is 40.8 Å². The first-order valence-corrected chi connectivity index (χ1v) is 12.8. The summed E-state index contributed by atoms with van der Waals surface area (Å²) in [5.41, 5.74) is 5.20. The zero-order chi connectivity index (χ0) is 24.5. The number of fused-ring (bicyclic) bond motifs is 1. The van der Waals surface area contributed by atoms with Crippen LogP contribution in [0.2, 0.25) is 5.02 Å². The molecule has 4 aromatic rings. The van der Waals surface area contributed by atoms with E-state index in [1.807, 2.05) is 62.5 Å². The summed E-state index contributed by atoms with van der Waals surface area (Å²) in [5, 5.41) is 11.4. The van der Waals surface area contributed by atoms with E-state index in [1.54, 1.807) is 17.4 Å². The lowest BCUT2D eigenvalue weighted by atomic mass is 9.95. The van der Waals surface area contributed by atoms with Gasteiger partial charge in [0.25, 0.3) is 0 Å². The second kappa shape index (κ2) is 9.72. The van der Waals surface area contributed by atoms with Crippen LogP contribution in [0, 0.1) is 13.8 Å². The first-order valence-electron chi connectivity index (χ1n) is 11.6. The van der Waals surface area contributed by atoms with Crippen LogP contribution in [0.15, 0.2) is 59.6 Å². The van der Waals surface area contributed by atoms with Gasteiger partial charge >= 0.3 is 5.97 Å². The molecule has 35 heavy (non-hydrogen) atoms. The number of hydrogen-bond acceptors (Lipinski definition) is 4. The molecule has 2 aromatic carbocycles. The first-order chi connectivity index (χ1) is 16.9. The Labute approximate surface area is 213 Å². The summed E-state index contributed by atoms with van der Waals surface area (Å²) in [6, 6.07) is 16.9. The van der Waals surface area contributed by atoms with Crippen LogP contribution in [-0.4, -0.2) is 21.9 Å². The predicted molar refractivity (Wildman–Crippen MR) is 142 cm³/mol. The fourth-order valence-electron chi connectivity index (χ4n) is 4.56. The molecule has 5 rings (SSSR count). The summed E-state index contributed by atoms with van der Waals surface area (Å²) in [6.07, 6.45) is 5.81. The molecule has 2 aromatic heterocycles. The standard InChI is InChI=1S/C28H25ClN2O3S/c1-17-15-19(16-30-20-11-13-21(14-12-20)34-24-9-5-4-8-23(24)29)18(2)31(17)27-26(28(32)33)22-7-3-6-10-25(22)35-27/h4-5,8-9,11-16H,3,6-7,10H2,1-2H3,(H,32,33). The number of rotatable bonds is 6. The van der Waals surface area contributed by atoms with Crippen molar-refractivity contribution in [3.05, 3.63) is 92.6 Å². The molecule has 1 N–H and O–H groups in total. The van der Waals surface area contributed by atoms with E-state index in [-0.39, 0.29) is 0 Å². The van der Waals surface area contributed by atoms with Crippen molar-refractivity contribution in [2.45, 2.75) is 39.5 Å². The minimum Gasteiger partial charge on any atom is -0.478 e. The Balaban J connectivity index is 1.40. The van der Waals surface area contributed by atoms with Crippen LogP contribution >= 0.6 is 22.9 Å². The molecule has 5 nitrogen and oxygen atoms in total. The van der Waals surface area contributed by atoms with E-state index in [0.717, 1.165) is 58.9 Å². The van der Waals surface area contributed by atoms with E-state index in [1.165, 1.54) is 4.88 Å². The average Bonchev–Trinajstić information content (AvgIpc) is 3.36. The number of ether oxygens (including phenoxy) is 1. The highest BCUT2D eigenvalue weighted by Crippen LogP contribution is 2.38. The lowest BCUT2D eigenvalue weighted by Crippen LogP contribution is -2.09. The Bertz CT molecular complexity index is 1430. The fourth-order valence-corrected chi connectivity index (χ4v) is 6.23. The van der Waals surface area contributed by atoms with Gasteiger partial charge in [-0.2, -0.15) is 0 Å². The van der Waals surface area contributed by atoms with Crippen LogP contribution in [0.4, 0.5) is 5.69 Å². The van der Waals surface area contributed by atoms with Gasteiger partial charge in [-0.05, 0) is 87.6 Å². The van der Waals surface area contributed by atoms with Crippen LogP contribution in [0.1, 0.15) is 50.6 Å². The van der Waals surface area contributed by atoms with E-state index in [9.17, 15) is 9.90 Å². The normalized spacial score (nSPS) is 13.2. The van der Waals surface area contributed by atoms with Crippen molar-refractivity contribution in [1.29, 1.82) is 0 Å². The predicted octanol–water partition coefficient (Wildman–Crippen LogP) is 7.93. The number of carbonyl (C=O) groups is 1. The third kappa shape index (κ3) is 4.64. The topological polar surface area (TPSA) is 63.8 Å². The van der Waals surface area contributed by atoms with Crippen LogP contribution in [0.3, 0.4) is 0 Å². The monoisotopic (exact) mass is 504 g/mol. The number of aromatic carboxylic acids is 1. The Morgan fingerprint density at radius 2 is 1.86 bits per heavy atom. The number of carboxylic acid groups (broad SMARTS) is 1. The summed E-state index contributed by atoms with van der Waals surface area (Å²) in [7, 11) is 0. The number of nitrogens with zero attached hydrogens (tertiary/aromatic N) is 2. The fraction of sp³-hybridized carbons (Fsp3) is 0.214. The number of aromatic nitrogens is 1. The summed E-state index contributed by atoms with van der Waals surface area (Å²) in [4.78, 5) is 18.0. The number of carboxylic acids is 1. The quantitative estimate of drug-likeness (QED) is 0.271. The number of aryl methyl sites for hydroxylation is 2. The number of thiophene rings is 1. The molecule has 0 fully saturated rings. The Morgan fingerprint density at radius 3 is 2.60 bits per heavy atom. The van der Waals surface area contributed by atoms with Crippen LogP contribution in [0.25, 0.3) is 5.00 Å². The van der Waals surface area contributed by atoms with Gasteiger partial charge in [0.15, 0.2) is 0 Å². The van der Waals surface area contributed by atoms with Crippen LogP contribution < -0.4 is 4.74 Å². The van der Waals surface area contributed by atoms with Gasteiger partial charge in [-0.3, -0.25) is 4.99 Å².